The van der Waals surface area contributed by atoms with Crippen LogP contribution in [0.4, 0.5) is 13.6 Å². The van der Waals surface area contributed by atoms with E-state index >= 15 is 0 Å². The van der Waals surface area contributed by atoms with Crippen LogP contribution in [0.15, 0.2) is 53.1 Å². The summed E-state index contributed by atoms with van der Waals surface area (Å²) in [7, 11) is 0. The summed E-state index contributed by atoms with van der Waals surface area (Å²) in [4.78, 5) is 20.5. The molecule has 156 valence electrons. The van der Waals surface area contributed by atoms with Crippen molar-refractivity contribution in [2.45, 2.75) is 44.8 Å². The minimum atomic E-state index is -3.06. The maximum Gasteiger partial charge on any atom is 0.408 e. The molecule has 0 saturated heterocycles. The number of fused-ring (bicyclic) bond motifs is 1. The number of aromatic nitrogens is 2. The average molecular weight is 413 g/mol. The van der Waals surface area contributed by atoms with Crippen molar-refractivity contribution in [2.24, 2.45) is 0 Å². The molecule has 30 heavy (non-hydrogen) atoms. The van der Waals surface area contributed by atoms with Gasteiger partial charge in [0.15, 0.2) is 0 Å². The van der Waals surface area contributed by atoms with Gasteiger partial charge in [-0.3, -0.25) is 4.98 Å². The molecule has 1 atom stereocenters. The Hall–Kier alpha value is -3.29. The number of oxazole rings is 1. The molecule has 0 fully saturated rings. The molecule has 2 heterocycles. The van der Waals surface area contributed by atoms with E-state index < -0.39 is 12.0 Å². The van der Waals surface area contributed by atoms with Gasteiger partial charge in [0.05, 0.1) is 6.04 Å². The average Bonchev–Trinajstić information content (AvgIpc) is 3.18. The Labute approximate surface area is 172 Å². The van der Waals surface area contributed by atoms with Crippen LogP contribution in [0.5, 0.6) is 0 Å². The lowest BCUT2D eigenvalue weighted by atomic mass is 9.97. The van der Waals surface area contributed by atoms with Crippen molar-refractivity contribution < 1.29 is 22.7 Å². The zero-order valence-corrected chi connectivity index (χ0v) is 16.4. The number of carbonyl (C=O) groups excluding carboxylic acids is 1. The van der Waals surface area contributed by atoms with Crippen LogP contribution in [0, 0.1) is 0 Å². The van der Waals surface area contributed by atoms with Gasteiger partial charge in [-0.25, -0.2) is 9.78 Å². The van der Waals surface area contributed by atoms with Gasteiger partial charge >= 0.3 is 6.09 Å². The van der Waals surface area contributed by atoms with E-state index in [1.165, 1.54) is 12.3 Å². The molecule has 1 N–H and O–H groups in total. The van der Waals surface area contributed by atoms with E-state index in [0.29, 0.717) is 29.9 Å². The standard InChI is InChI=1S/C22H21F2N3O3/c1-22(23,24)18-12-15(10-11-25-18)20-27-19-16(8-5-9-17(19)30-20)26-21(28)29-13-14-6-3-2-4-7-14/h2-4,6-7,10-12,16H,5,8-9,13H2,1H3,(H,26,28)/t16-/m1/s1. The number of nitrogens with one attached hydrogen (secondary N) is 1. The van der Waals surface area contributed by atoms with E-state index in [1.807, 2.05) is 30.3 Å². The van der Waals surface area contributed by atoms with E-state index in [9.17, 15) is 13.6 Å². The highest BCUT2D eigenvalue weighted by atomic mass is 19.3. The molecule has 4 rings (SSSR count). The van der Waals surface area contributed by atoms with Crippen LogP contribution >= 0.6 is 0 Å². The molecule has 1 amide bonds. The molecule has 6 nitrogen and oxygen atoms in total. The molecule has 0 saturated carbocycles. The third-order valence-corrected chi connectivity index (χ3v) is 4.92. The van der Waals surface area contributed by atoms with Crippen molar-refractivity contribution in [3.63, 3.8) is 0 Å². The molecular weight excluding hydrogens is 392 g/mol. The van der Waals surface area contributed by atoms with Crippen molar-refractivity contribution in [1.29, 1.82) is 0 Å². The third-order valence-electron chi connectivity index (χ3n) is 4.92. The number of alkyl halides is 2. The van der Waals surface area contributed by atoms with Gasteiger partial charge in [0.25, 0.3) is 5.92 Å². The number of ether oxygens (including phenoxy) is 1. The van der Waals surface area contributed by atoms with Crippen molar-refractivity contribution in [1.82, 2.24) is 15.3 Å². The highest BCUT2D eigenvalue weighted by molar-refractivity contribution is 5.68. The normalized spacial score (nSPS) is 16.0. The Balaban J connectivity index is 1.48. The molecule has 0 spiro atoms. The second-order valence-corrected chi connectivity index (χ2v) is 7.30. The summed E-state index contributed by atoms with van der Waals surface area (Å²) in [5.41, 5.74) is 1.56. The second-order valence-electron chi connectivity index (χ2n) is 7.30. The van der Waals surface area contributed by atoms with E-state index in [-0.39, 0.29) is 24.2 Å². The van der Waals surface area contributed by atoms with Crippen LogP contribution < -0.4 is 5.32 Å². The molecule has 0 bridgehead atoms. The Morgan fingerprint density at radius 2 is 2.10 bits per heavy atom. The van der Waals surface area contributed by atoms with Gasteiger partial charge in [-0.05, 0) is 30.5 Å². The molecule has 1 aromatic carbocycles. The van der Waals surface area contributed by atoms with E-state index in [4.69, 9.17) is 9.15 Å². The molecule has 0 aliphatic heterocycles. The van der Waals surface area contributed by atoms with Crippen LogP contribution in [0.3, 0.4) is 0 Å². The maximum absolute atomic E-state index is 13.6. The summed E-state index contributed by atoms with van der Waals surface area (Å²) in [5.74, 6) is -2.18. The van der Waals surface area contributed by atoms with E-state index in [2.05, 4.69) is 15.3 Å². The smallest absolute Gasteiger partial charge is 0.408 e. The zero-order valence-electron chi connectivity index (χ0n) is 16.4. The number of hydrogen-bond donors (Lipinski definition) is 1. The summed E-state index contributed by atoms with van der Waals surface area (Å²) in [6.07, 6.45) is 2.93. The van der Waals surface area contributed by atoms with E-state index in [0.717, 1.165) is 18.9 Å². The number of benzene rings is 1. The predicted octanol–water partition coefficient (Wildman–Crippen LogP) is 5.15. The lowest BCUT2D eigenvalue weighted by Gasteiger charge is -2.21. The van der Waals surface area contributed by atoms with Crippen LogP contribution in [0.1, 0.15) is 48.5 Å². The fourth-order valence-electron chi connectivity index (χ4n) is 3.39. The Morgan fingerprint density at radius 1 is 1.30 bits per heavy atom. The number of halogens is 2. The lowest BCUT2D eigenvalue weighted by Crippen LogP contribution is -2.31. The Morgan fingerprint density at radius 3 is 2.87 bits per heavy atom. The van der Waals surface area contributed by atoms with Crippen LogP contribution in [-0.4, -0.2) is 16.1 Å². The quantitative estimate of drug-likeness (QED) is 0.626. The molecule has 1 aliphatic carbocycles. The molecule has 1 aliphatic rings. The number of aryl methyl sites for hydroxylation is 1. The third kappa shape index (κ3) is 4.48. The van der Waals surface area contributed by atoms with Crippen LogP contribution in [0.2, 0.25) is 0 Å². The number of amides is 1. The minimum Gasteiger partial charge on any atom is -0.445 e. The van der Waals surface area contributed by atoms with Gasteiger partial charge < -0.3 is 14.5 Å². The fourth-order valence-corrected chi connectivity index (χ4v) is 3.39. The fraction of sp³-hybridized carbons (Fsp3) is 0.318. The number of nitrogens with zero attached hydrogens (tertiary/aromatic N) is 2. The number of pyridine rings is 1. The first-order valence-electron chi connectivity index (χ1n) is 9.71. The van der Waals surface area contributed by atoms with Crippen molar-refractivity contribution in [3.05, 3.63) is 71.4 Å². The SMILES string of the molecule is CC(F)(F)c1cc(-c2nc3c(o2)CCC[C@H]3NC(=O)OCc2ccccc2)ccn1. The maximum atomic E-state index is 13.6. The molecule has 3 aromatic rings. The first-order valence-corrected chi connectivity index (χ1v) is 9.71. The Kier molecular flexibility index (Phi) is 5.48. The number of hydrogen-bond acceptors (Lipinski definition) is 5. The first-order chi connectivity index (χ1) is 14.4. The Bertz CT molecular complexity index is 1030. The van der Waals surface area contributed by atoms with Gasteiger partial charge in [0.2, 0.25) is 5.89 Å². The number of rotatable bonds is 5. The summed E-state index contributed by atoms with van der Waals surface area (Å²) in [6.45, 7) is 0.960. The summed E-state index contributed by atoms with van der Waals surface area (Å²) >= 11 is 0. The van der Waals surface area contributed by atoms with Gasteiger partial charge in [0.1, 0.15) is 23.8 Å². The molecule has 0 unspecified atom stereocenters. The molecule has 0 radical (unpaired) electrons. The monoisotopic (exact) mass is 413 g/mol. The molecule has 8 heteroatoms. The highest BCUT2D eigenvalue weighted by Gasteiger charge is 2.30. The summed E-state index contributed by atoms with van der Waals surface area (Å²) in [6, 6.07) is 11.9. The topological polar surface area (TPSA) is 77.2 Å². The predicted molar refractivity (Wildman–Crippen MR) is 105 cm³/mol. The molecular formula is C22H21F2N3O3. The van der Waals surface area contributed by atoms with Gasteiger partial charge in [-0.1, -0.05) is 30.3 Å². The highest BCUT2D eigenvalue weighted by Crippen LogP contribution is 2.34. The first kappa shape index (κ1) is 20.0. The summed E-state index contributed by atoms with van der Waals surface area (Å²) in [5, 5.41) is 2.83. The van der Waals surface area contributed by atoms with Crippen LogP contribution in [0.25, 0.3) is 11.5 Å². The lowest BCUT2D eigenvalue weighted by molar-refractivity contribution is 0.0128. The number of carbonyl (C=O) groups is 1. The zero-order chi connectivity index (χ0) is 21.1. The van der Waals surface area contributed by atoms with E-state index in [1.54, 1.807) is 6.07 Å². The van der Waals surface area contributed by atoms with Crippen molar-refractivity contribution in [3.8, 4) is 11.5 Å². The van der Waals surface area contributed by atoms with Crippen LogP contribution in [-0.2, 0) is 23.7 Å². The minimum absolute atomic E-state index is 0.168. The van der Waals surface area contributed by atoms with Crippen molar-refractivity contribution >= 4 is 6.09 Å². The summed E-state index contributed by atoms with van der Waals surface area (Å²) < 4.78 is 38.3. The molecule has 2 aromatic heterocycles. The largest absolute Gasteiger partial charge is 0.445 e. The van der Waals surface area contributed by atoms with Gasteiger partial charge in [0, 0.05) is 25.1 Å². The van der Waals surface area contributed by atoms with Gasteiger partial charge in [-0.2, -0.15) is 8.78 Å². The number of alkyl carbamates (subject to hydrolysis) is 1. The van der Waals surface area contributed by atoms with Crippen molar-refractivity contribution in [2.75, 3.05) is 0 Å². The van der Waals surface area contributed by atoms with Gasteiger partial charge in [-0.15, -0.1) is 0 Å². The second kappa shape index (κ2) is 8.22.